The molecule has 0 aromatic heterocycles. The van der Waals surface area contributed by atoms with Crippen LogP contribution in [0.2, 0.25) is 0 Å². The van der Waals surface area contributed by atoms with Crippen LogP contribution in [-0.4, -0.2) is 22.9 Å². The van der Waals surface area contributed by atoms with Crippen molar-refractivity contribution >= 4 is 11.6 Å². The molecule has 0 heterocycles. The Morgan fingerprint density at radius 1 is 1.52 bits per heavy atom. The number of rotatable bonds is 7. The Morgan fingerprint density at radius 3 is 2.81 bits per heavy atom. The molecule has 1 atom stereocenters. The maximum atomic E-state index is 12.0. The number of nitrogens with two attached hydrogens (primary N) is 1. The fourth-order valence-corrected chi connectivity index (χ4v) is 2.50. The van der Waals surface area contributed by atoms with E-state index >= 15 is 0 Å². The van der Waals surface area contributed by atoms with Gasteiger partial charge in [-0.3, -0.25) is 14.9 Å². The zero-order valence-electron chi connectivity index (χ0n) is 12.2. The topological polar surface area (TPSA) is 98.3 Å². The smallest absolute Gasteiger partial charge is 0.269 e. The average Bonchev–Trinajstić information content (AvgIpc) is 3.30. The number of carbonyl (C=O) groups is 1. The van der Waals surface area contributed by atoms with E-state index in [9.17, 15) is 14.9 Å². The van der Waals surface area contributed by atoms with E-state index in [-0.39, 0.29) is 17.1 Å². The summed E-state index contributed by atoms with van der Waals surface area (Å²) in [5, 5.41) is 13.7. The summed E-state index contributed by atoms with van der Waals surface area (Å²) in [7, 11) is 0. The zero-order valence-corrected chi connectivity index (χ0v) is 12.2. The van der Waals surface area contributed by atoms with Gasteiger partial charge in [0.2, 0.25) is 5.91 Å². The molecule has 2 rings (SSSR count). The Bertz CT molecular complexity index is 543. The number of aryl methyl sites for hydroxylation is 1. The molecule has 0 saturated heterocycles. The van der Waals surface area contributed by atoms with Gasteiger partial charge in [-0.05, 0) is 37.7 Å². The van der Waals surface area contributed by atoms with Crippen molar-refractivity contribution < 1.29 is 9.72 Å². The van der Waals surface area contributed by atoms with Gasteiger partial charge in [0, 0.05) is 25.1 Å². The largest absolute Gasteiger partial charge is 0.349 e. The van der Waals surface area contributed by atoms with Gasteiger partial charge in [0.05, 0.1) is 10.5 Å². The molecule has 0 spiro atoms. The van der Waals surface area contributed by atoms with Crippen LogP contribution in [0, 0.1) is 16.0 Å². The minimum Gasteiger partial charge on any atom is -0.349 e. The second-order valence-corrected chi connectivity index (χ2v) is 5.87. The number of hydrogen-bond acceptors (Lipinski definition) is 4. The number of carbonyl (C=O) groups excluding carboxylic acids is 1. The first-order valence-corrected chi connectivity index (χ1v) is 7.19. The number of nitro groups is 1. The molecular weight excluding hydrogens is 270 g/mol. The number of nitro benzene ring substituents is 1. The van der Waals surface area contributed by atoms with Crippen molar-refractivity contribution in [1.82, 2.24) is 5.32 Å². The van der Waals surface area contributed by atoms with Crippen LogP contribution < -0.4 is 11.1 Å². The van der Waals surface area contributed by atoms with Gasteiger partial charge in [-0.25, -0.2) is 0 Å². The lowest BCUT2D eigenvalue weighted by Crippen LogP contribution is -2.53. The molecule has 0 bridgehead atoms. The van der Waals surface area contributed by atoms with Gasteiger partial charge >= 0.3 is 0 Å². The third-order valence-electron chi connectivity index (χ3n) is 4.09. The molecule has 1 unspecified atom stereocenters. The average molecular weight is 291 g/mol. The van der Waals surface area contributed by atoms with Gasteiger partial charge in [-0.2, -0.15) is 0 Å². The molecule has 114 valence electrons. The number of amides is 1. The van der Waals surface area contributed by atoms with E-state index in [2.05, 4.69) is 5.32 Å². The molecule has 1 aromatic carbocycles. The second-order valence-electron chi connectivity index (χ2n) is 5.87. The molecule has 1 fully saturated rings. The Labute approximate surface area is 123 Å². The van der Waals surface area contributed by atoms with Crippen molar-refractivity contribution in [2.75, 3.05) is 6.54 Å². The highest BCUT2D eigenvalue weighted by Crippen LogP contribution is 2.39. The first-order chi connectivity index (χ1) is 9.94. The van der Waals surface area contributed by atoms with Gasteiger partial charge in [0.1, 0.15) is 0 Å². The lowest BCUT2D eigenvalue weighted by atomic mass is 9.95. The molecule has 0 radical (unpaired) electrons. The highest BCUT2D eigenvalue weighted by atomic mass is 16.6. The molecule has 3 N–H and O–H groups in total. The fourth-order valence-electron chi connectivity index (χ4n) is 2.50. The van der Waals surface area contributed by atoms with Gasteiger partial charge in [0.15, 0.2) is 0 Å². The summed E-state index contributed by atoms with van der Waals surface area (Å²) in [6.07, 6.45) is 3.01. The van der Waals surface area contributed by atoms with Gasteiger partial charge in [-0.15, -0.1) is 0 Å². The number of nitrogens with one attached hydrogen (secondary N) is 1. The molecule has 21 heavy (non-hydrogen) atoms. The molecule has 1 saturated carbocycles. The zero-order chi connectivity index (χ0) is 15.5. The Hall–Kier alpha value is -1.95. The van der Waals surface area contributed by atoms with Gasteiger partial charge < -0.3 is 11.1 Å². The first-order valence-electron chi connectivity index (χ1n) is 7.19. The summed E-state index contributed by atoms with van der Waals surface area (Å²) >= 11 is 0. The van der Waals surface area contributed by atoms with E-state index < -0.39 is 4.92 Å². The summed E-state index contributed by atoms with van der Waals surface area (Å²) in [6, 6.07) is 6.39. The van der Waals surface area contributed by atoms with E-state index in [1.165, 1.54) is 12.1 Å². The predicted octanol–water partition coefficient (Wildman–Crippen LogP) is 1.77. The monoisotopic (exact) mass is 291 g/mol. The first kappa shape index (κ1) is 15.4. The lowest BCUT2D eigenvalue weighted by molar-refractivity contribution is -0.384. The van der Waals surface area contributed by atoms with Crippen LogP contribution in [0.15, 0.2) is 24.3 Å². The standard InChI is InChI=1S/C15H21N3O3/c1-15(10-16,12-6-7-12)17-14(19)8-5-11-3-2-4-13(9-11)18(20)21/h2-4,9,12H,5-8,10,16H2,1H3,(H,17,19). The predicted molar refractivity (Wildman–Crippen MR) is 79.7 cm³/mol. The molecule has 1 aliphatic carbocycles. The summed E-state index contributed by atoms with van der Waals surface area (Å²) in [5.74, 6) is 0.422. The number of non-ortho nitro benzene ring substituents is 1. The highest BCUT2D eigenvalue weighted by Gasteiger charge is 2.41. The van der Waals surface area contributed by atoms with Crippen LogP contribution in [0.4, 0.5) is 5.69 Å². The number of nitrogens with zero attached hydrogens (tertiary/aromatic N) is 1. The van der Waals surface area contributed by atoms with Crippen molar-refractivity contribution in [3.63, 3.8) is 0 Å². The highest BCUT2D eigenvalue weighted by molar-refractivity contribution is 5.77. The number of benzene rings is 1. The summed E-state index contributed by atoms with van der Waals surface area (Å²) in [6.45, 7) is 2.41. The molecule has 1 aliphatic rings. The molecule has 1 aromatic rings. The Balaban J connectivity index is 1.89. The van der Waals surface area contributed by atoms with E-state index in [0.717, 1.165) is 18.4 Å². The number of hydrogen-bond donors (Lipinski definition) is 2. The SMILES string of the molecule is CC(CN)(NC(=O)CCc1cccc([N+](=O)[O-])c1)C1CC1. The quantitative estimate of drug-likeness (QED) is 0.591. The summed E-state index contributed by atoms with van der Waals surface area (Å²) < 4.78 is 0. The second kappa shape index (κ2) is 6.22. The van der Waals surface area contributed by atoms with Crippen molar-refractivity contribution in [3.05, 3.63) is 39.9 Å². The Kier molecular flexibility index (Phi) is 4.57. The van der Waals surface area contributed by atoms with Crippen LogP contribution in [0.3, 0.4) is 0 Å². The molecule has 6 heteroatoms. The van der Waals surface area contributed by atoms with E-state index in [1.807, 2.05) is 6.92 Å². The van der Waals surface area contributed by atoms with Crippen molar-refractivity contribution in [2.45, 2.75) is 38.1 Å². The van der Waals surface area contributed by atoms with Crippen molar-refractivity contribution in [3.8, 4) is 0 Å². The van der Waals surface area contributed by atoms with Crippen molar-refractivity contribution in [2.24, 2.45) is 11.7 Å². The van der Waals surface area contributed by atoms with Gasteiger partial charge in [0.25, 0.3) is 5.69 Å². The van der Waals surface area contributed by atoms with E-state index in [4.69, 9.17) is 5.73 Å². The Morgan fingerprint density at radius 2 is 2.24 bits per heavy atom. The van der Waals surface area contributed by atoms with Gasteiger partial charge in [-0.1, -0.05) is 12.1 Å². The van der Waals surface area contributed by atoms with Crippen molar-refractivity contribution in [1.29, 1.82) is 0 Å². The normalized spacial score (nSPS) is 17.0. The third kappa shape index (κ3) is 4.01. The molecule has 1 amide bonds. The van der Waals surface area contributed by atoms with E-state index in [1.54, 1.807) is 12.1 Å². The van der Waals surface area contributed by atoms with Crippen LogP contribution in [0.25, 0.3) is 0 Å². The lowest BCUT2D eigenvalue weighted by Gasteiger charge is -2.29. The maximum absolute atomic E-state index is 12.0. The van der Waals surface area contributed by atoms with Crippen LogP contribution >= 0.6 is 0 Å². The summed E-state index contributed by atoms with van der Waals surface area (Å²) in [5.41, 5.74) is 6.29. The summed E-state index contributed by atoms with van der Waals surface area (Å²) in [4.78, 5) is 22.3. The molecule has 6 nitrogen and oxygen atoms in total. The van der Waals surface area contributed by atoms with E-state index in [0.29, 0.717) is 25.3 Å². The maximum Gasteiger partial charge on any atom is 0.269 e. The molecule has 0 aliphatic heterocycles. The van der Waals surface area contributed by atoms with Crippen LogP contribution in [0.1, 0.15) is 31.7 Å². The minimum absolute atomic E-state index is 0.0534. The fraction of sp³-hybridized carbons (Fsp3) is 0.533. The van der Waals surface area contributed by atoms with Crippen LogP contribution in [-0.2, 0) is 11.2 Å². The minimum atomic E-state index is -0.428. The van der Waals surface area contributed by atoms with Crippen LogP contribution in [0.5, 0.6) is 0 Å². The third-order valence-corrected chi connectivity index (χ3v) is 4.09. The molecular formula is C15H21N3O3.